The van der Waals surface area contributed by atoms with Crippen LogP contribution in [-0.4, -0.2) is 68.7 Å². The number of nitrogens with one attached hydrogen (secondary N) is 1. The third-order valence-corrected chi connectivity index (χ3v) is 7.04. The van der Waals surface area contributed by atoms with Crippen LogP contribution in [0.1, 0.15) is 63.5 Å². The van der Waals surface area contributed by atoms with E-state index in [4.69, 9.17) is 9.72 Å². The van der Waals surface area contributed by atoms with Crippen molar-refractivity contribution in [2.75, 3.05) is 26.2 Å². The van der Waals surface area contributed by atoms with E-state index in [9.17, 15) is 4.39 Å². The van der Waals surface area contributed by atoms with Gasteiger partial charge in [0.15, 0.2) is 0 Å². The Kier molecular flexibility index (Phi) is 6.34. The van der Waals surface area contributed by atoms with Crippen LogP contribution in [0.15, 0.2) is 36.7 Å². The van der Waals surface area contributed by atoms with E-state index in [1.165, 1.54) is 23.8 Å². The molecule has 0 spiro atoms. The molecule has 7 heteroatoms. The Morgan fingerprint density at radius 2 is 1.97 bits per heavy atom. The number of benzene rings is 1. The molecule has 2 aromatic heterocycles. The second kappa shape index (κ2) is 9.27. The number of hydrogen-bond donors (Lipinski definition) is 1. The van der Waals surface area contributed by atoms with E-state index in [0.29, 0.717) is 12.4 Å². The molecule has 0 aliphatic carbocycles. The van der Waals surface area contributed by atoms with Crippen LogP contribution in [0.4, 0.5) is 4.39 Å². The molecular weight excluding hydrogens is 429 g/mol. The standard InChI is InChI=1S/C27H36FN5O/c1-5-6-11-32-15-19(16-32)34-24-14-29-23(13-30-24)26-25-21(20-9-7-8-10-22(20)31-25)12-18(2)33(26)17-27(3,4)28/h7-10,13-14,18-19,26,31H,5-6,11-12,15-17H2,1-4H3/t18-,26-/m1/s1. The molecule has 0 unspecified atom stereocenters. The van der Waals surface area contributed by atoms with E-state index in [2.05, 4.69) is 51.8 Å². The molecule has 1 saturated heterocycles. The largest absolute Gasteiger partial charge is 0.471 e. The topological polar surface area (TPSA) is 57.3 Å². The fraction of sp³-hybridized carbons (Fsp3) is 0.556. The molecule has 1 fully saturated rings. The smallest absolute Gasteiger partial charge is 0.232 e. The van der Waals surface area contributed by atoms with Crippen molar-refractivity contribution in [1.29, 1.82) is 0 Å². The van der Waals surface area contributed by atoms with Crippen molar-refractivity contribution in [2.45, 2.75) is 70.8 Å². The number of nitrogens with zero attached hydrogens (tertiary/aromatic N) is 4. The molecule has 2 atom stereocenters. The average Bonchev–Trinajstić information content (AvgIpc) is 3.13. The van der Waals surface area contributed by atoms with E-state index < -0.39 is 5.67 Å². The van der Waals surface area contributed by atoms with E-state index in [1.54, 1.807) is 26.2 Å². The lowest BCUT2D eigenvalue weighted by Gasteiger charge is -2.42. The van der Waals surface area contributed by atoms with Gasteiger partial charge in [0.1, 0.15) is 11.8 Å². The highest BCUT2D eigenvalue weighted by Crippen LogP contribution is 2.41. The molecule has 2 aliphatic rings. The number of ether oxygens (including phenoxy) is 1. The molecule has 2 aliphatic heterocycles. The quantitative estimate of drug-likeness (QED) is 0.513. The molecule has 6 nitrogen and oxygen atoms in total. The number of rotatable bonds is 8. The van der Waals surface area contributed by atoms with Crippen LogP contribution in [0.3, 0.4) is 0 Å². The minimum atomic E-state index is -1.32. The summed E-state index contributed by atoms with van der Waals surface area (Å²) in [5.74, 6) is 0.557. The van der Waals surface area contributed by atoms with Crippen molar-refractivity contribution in [3.05, 3.63) is 53.6 Å². The molecule has 5 rings (SSSR count). The molecule has 4 heterocycles. The summed E-state index contributed by atoms with van der Waals surface area (Å²) in [6.45, 7) is 11.0. The molecule has 182 valence electrons. The van der Waals surface area contributed by atoms with Gasteiger partial charge in [-0.2, -0.15) is 0 Å². The molecular formula is C27H36FN5O. The molecule has 1 N–H and O–H groups in total. The number of fused-ring (bicyclic) bond motifs is 3. The van der Waals surface area contributed by atoms with E-state index >= 15 is 0 Å². The molecule has 34 heavy (non-hydrogen) atoms. The van der Waals surface area contributed by atoms with Gasteiger partial charge in [0.05, 0.1) is 24.1 Å². The normalized spacial score (nSPS) is 22.0. The summed E-state index contributed by atoms with van der Waals surface area (Å²) < 4.78 is 20.9. The summed E-state index contributed by atoms with van der Waals surface area (Å²) in [6, 6.07) is 8.37. The van der Waals surface area contributed by atoms with Crippen molar-refractivity contribution in [3.8, 4) is 5.88 Å². The van der Waals surface area contributed by atoms with Crippen LogP contribution < -0.4 is 4.74 Å². The van der Waals surface area contributed by atoms with Crippen LogP contribution in [-0.2, 0) is 6.42 Å². The highest BCUT2D eigenvalue weighted by molar-refractivity contribution is 5.85. The molecule has 0 saturated carbocycles. The first-order valence-electron chi connectivity index (χ1n) is 12.6. The average molecular weight is 466 g/mol. The summed E-state index contributed by atoms with van der Waals surface area (Å²) in [5.41, 5.74) is 2.99. The number of unbranched alkanes of at least 4 members (excludes halogenated alkanes) is 1. The fourth-order valence-electron chi connectivity index (χ4n) is 5.37. The number of halogens is 1. The van der Waals surface area contributed by atoms with Gasteiger partial charge in [0.25, 0.3) is 0 Å². The van der Waals surface area contributed by atoms with Crippen molar-refractivity contribution >= 4 is 10.9 Å². The van der Waals surface area contributed by atoms with Gasteiger partial charge in [-0.1, -0.05) is 31.5 Å². The molecule has 1 aromatic carbocycles. The van der Waals surface area contributed by atoms with Gasteiger partial charge in [0.2, 0.25) is 5.88 Å². The number of likely N-dealkylation sites (tertiary alicyclic amines) is 1. The minimum absolute atomic E-state index is 0.175. The lowest BCUT2D eigenvalue weighted by atomic mass is 9.89. The van der Waals surface area contributed by atoms with Crippen LogP contribution in [0, 0.1) is 0 Å². The predicted molar refractivity (Wildman–Crippen MR) is 133 cm³/mol. The Morgan fingerprint density at radius 1 is 1.18 bits per heavy atom. The lowest BCUT2D eigenvalue weighted by molar-refractivity contribution is 0.0161. The van der Waals surface area contributed by atoms with Gasteiger partial charge in [-0.3, -0.25) is 14.8 Å². The third kappa shape index (κ3) is 4.68. The Hall–Kier alpha value is -2.51. The number of H-pyrrole nitrogens is 1. The monoisotopic (exact) mass is 465 g/mol. The van der Waals surface area contributed by atoms with Gasteiger partial charge in [-0.15, -0.1) is 0 Å². The first kappa shape index (κ1) is 23.2. The SMILES string of the molecule is CCCCN1CC(Oc2cnc([C@@H]3c4[nH]c5ccccc5c4C[C@@H](C)N3CC(C)(C)F)cn2)C1. The Labute approximate surface area is 201 Å². The van der Waals surface area contributed by atoms with Gasteiger partial charge in [-0.25, -0.2) is 9.37 Å². The molecule has 0 bridgehead atoms. The summed E-state index contributed by atoms with van der Waals surface area (Å²) in [4.78, 5) is 17.6. The number of hydrogen-bond acceptors (Lipinski definition) is 5. The van der Waals surface area contributed by atoms with Crippen LogP contribution in [0.5, 0.6) is 5.88 Å². The highest BCUT2D eigenvalue weighted by atomic mass is 19.1. The first-order chi connectivity index (χ1) is 16.3. The zero-order valence-corrected chi connectivity index (χ0v) is 20.7. The Bertz CT molecular complexity index is 1120. The lowest BCUT2D eigenvalue weighted by Crippen LogP contribution is -2.53. The molecule has 0 amide bonds. The van der Waals surface area contributed by atoms with Crippen molar-refractivity contribution in [1.82, 2.24) is 24.8 Å². The predicted octanol–water partition coefficient (Wildman–Crippen LogP) is 4.91. The summed E-state index contributed by atoms with van der Waals surface area (Å²) in [5, 5.41) is 1.24. The Morgan fingerprint density at radius 3 is 2.68 bits per heavy atom. The van der Waals surface area contributed by atoms with Crippen molar-refractivity contribution in [3.63, 3.8) is 0 Å². The van der Waals surface area contributed by atoms with Gasteiger partial charge >= 0.3 is 0 Å². The zero-order valence-electron chi connectivity index (χ0n) is 20.7. The van der Waals surface area contributed by atoms with E-state index in [-0.39, 0.29) is 18.2 Å². The highest BCUT2D eigenvalue weighted by Gasteiger charge is 2.39. The van der Waals surface area contributed by atoms with Crippen molar-refractivity contribution in [2.24, 2.45) is 0 Å². The second-order valence-electron chi connectivity index (χ2n) is 10.5. The summed E-state index contributed by atoms with van der Waals surface area (Å²) >= 11 is 0. The van der Waals surface area contributed by atoms with Gasteiger partial charge < -0.3 is 9.72 Å². The summed E-state index contributed by atoms with van der Waals surface area (Å²) in [6.07, 6.45) is 7.02. The Balaban J connectivity index is 1.41. The molecule has 3 aromatic rings. The first-order valence-corrected chi connectivity index (χ1v) is 12.6. The maximum absolute atomic E-state index is 14.9. The summed E-state index contributed by atoms with van der Waals surface area (Å²) in [7, 11) is 0. The fourth-order valence-corrected chi connectivity index (χ4v) is 5.37. The van der Waals surface area contributed by atoms with Crippen LogP contribution >= 0.6 is 0 Å². The number of aromatic nitrogens is 3. The van der Waals surface area contributed by atoms with Gasteiger partial charge in [-0.05, 0) is 51.8 Å². The minimum Gasteiger partial charge on any atom is -0.471 e. The maximum Gasteiger partial charge on any atom is 0.232 e. The number of alkyl halides is 1. The van der Waals surface area contributed by atoms with Crippen LogP contribution in [0.25, 0.3) is 10.9 Å². The second-order valence-corrected chi connectivity index (χ2v) is 10.5. The number of aromatic amines is 1. The zero-order chi connectivity index (χ0) is 23.9. The van der Waals surface area contributed by atoms with Crippen molar-refractivity contribution < 1.29 is 9.13 Å². The number of para-hydroxylation sites is 1. The van der Waals surface area contributed by atoms with E-state index in [0.717, 1.165) is 43.0 Å². The van der Waals surface area contributed by atoms with Crippen LogP contribution in [0.2, 0.25) is 0 Å². The van der Waals surface area contributed by atoms with Gasteiger partial charge in [0, 0.05) is 42.3 Å². The third-order valence-electron chi connectivity index (χ3n) is 7.04. The van der Waals surface area contributed by atoms with E-state index in [1.807, 2.05) is 6.07 Å². The molecule has 0 radical (unpaired) electrons. The maximum atomic E-state index is 14.9.